The van der Waals surface area contributed by atoms with Gasteiger partial charge in [-0.15, -0.1) is 10.2 Å². The molecule has 78 valence electrons. The minimum absolute atomic E-state index is 0.0719. The summed E-state index contributed by atoms with van der Waals surface area (Å²) in [5.74, 6) is 0. The topological polar surface area (TPSA) is 36.8 Å². The molecule has 1 unspecified atom stereocenters. The fourth-order valence-electron chi connectivity index (χ4n) is 1.47. The SMILES string of the molecule is Cc1cccc(C)c1NC1N=NC(=S)S1. The van der Waals surface area contributed by atoms with Crippen LogP contribution in [0.15, 0.2) is 28.4 Å². The molecule has 5 heteroatoms. The van der Waals surface area contributed by atoms with Crippen LogP contribution in [0.5, 0.6) is 0 Å². The zero-order chi connectivity index (χ0) is 10.8. The highest BCUT2D eigenvalue weighted by Crippen LogP contribution is 2.28. The molecule has 0 saturated carbocycles. The third-order valence-electron chi connectivity index (χ3n) is 2.21. The van der Waals surface area contributed by atoms with E-state index >= 15 is 0 Å². The maximum Gasteiger partial charge on any atom is 0.194 e. The van der Waals surface area contributed by atoms with Crippen LogP contribution in [0.1, 0.15) is 11.1 Å². The van der Waals surface area contributed by atoms with Gasteiger partial charge < -0.3 is 5.32 Å². The van der Waals surface area contributed by atoms with Gasteiger partial charge in [-0.1, -0.05) is 18.2 Å². The Morgan fingerprint density at radius 1 is 1.33 bits per heavy atom. The van der Waals surface area contributed by atoms with E-state index in [-0.39, 0.29) is 5.50 Å². The summed E-state index contributed by atoms with van der Waals surface area (Å²) in [6.07, 6.45) is 0. The molecule has 0 aliphatic carbocycles. The van der Waals surface area contributed by atoms with Crippen molar-refractivity contribution in [2.24, 2.45) is 10.2 Å². The smallest absolute Gasteiger partial charge is 0.194 e. The minimum Gasteiger partial charge on any atom is -0.353 e. The van der Waals surface area contributed by atoms with Crippen LogP contribution in [0.25, 0.3) is 0 Å². The normalized spacial score (nSPS) is 19.6. The van der Waals surface area contributed by atoms with Gasteiger partial charge in [0.05, 0.1) is 0 Å². The molecule has 1 heterocycles. The highest BCUT2D eigenvalue weighted by Gasteiger charge is 2.18. The van der Waals surface area contributed by atoms with Crippen molar-refractivity contribution in [3.63, 3.8) is 0 Å². The number of nitrogens with zero attached hydrogens (tertiary/aromatic N) is 2. The molecule has 0 spiro atoms. The standard InChI is InChI=1S/C10H11N3S2/c1-6-4-3-5-7(2)8(6)11-9-12-13-10(14)15-9/h3-5,9,11H,1-2H3. The summed E-state index contributed by atoms with van der Waals surface area (Å²) in [6.45, 7) is 4.15. The first-order valence-electron chi connectivity index (χ1n) is 4.61. The molecule has 1 aliphatic rings. The summed E-state index contributed by atoms with van der Waals surface area (Å²) >= 11 is 6.41. The first-order chi connectivity index (χ1) is 7.16. The van der Waals surface area contributed by atoms with Gasteiger partial charge in [0.1, 0.15) is 0 Å². The van der Waals surface area contributed by atoms with Crippen LogP contribution in [-0.4, -0.2) is 9.82 Å². The van der Waals surface area contributed by atoms with Gasteiger partial charge in [-0.25, -0.2) is 0 Å². The predicted octanol–water partition coefficient (Wildman–Crippen LogP) is 3.48. The second kappa shape index (κ2) is 4.28. The zero-order valence-corrected chi connectivity index (χ0v) is 10.2. The Labute approximate surface area is 98.4 Å². The Morgan fingerprint density at radius 3 is 2.53 bits per heavy atom. The summed E-state index contributed by atoms with van der Waals surface area (Å²) in [4.78, 5) is 0. The molecule has 1 aromatic rings. The van der Waals surface area contributed by atoms with Gasteiger partial charge >= 0.3 is 0 Å². The lowest BCUT2D eigenvalue weighted by molar-refractivity contribution is 0.989. The summed E-state index contributed by atoms with van der Waals surface area (Å²) in [5, 5.41) is 11.2. The lowest BCUT2D eigenvalue weighted by atomic mass is 10.1. The molecule has 1 aliphatic heterocycles. The third-order valence-corrected chi connectivity index (χ3v) is 3.29. The third kappa shape index (κ3) is 2.35. The summed E-state index contributed by atoms with van der Waals surface area (Å²) < 4.78 is 0.596. The highest BCUT2D eigenvalue weighted by atomic mass is 32.2. The Hall–Kier alpha value is -0.940. The molecule has 2 rings (SSSR count). The molecule has 0 fully saturated rings. The van der Waals surface area contributed by atoms with E-state index < -0.39 is 0 Å². The van der Waals surface area contributed by atoms with Crippen LogP contribution in [0.4, 0.5) is 5.69 Å². The van der Waals surface area contributed by atoms with Crippen molar-refractivity contribution in [1.29, 1.82) is 0 Å². The molecule has 0 bridgehead atoms. The van der Waals surface area contributed by atoms with Crippen LogP contribution in [0.3, 0.4) is 0 Å². The number of nitrogens with one attached hydrogen (secondary N) is 1. The summed E-state index contributed by atoms with van der Waals surface area (Å²) in [6, 6.07) is 6.19. The zero-order valence-electron chi connectivity index (χ0n) is 8.52. The number of thioether (sulfide) groups is 1. The highest BCUT2D eigenvalue weighted by molar-refractivity contribution is 8.23. The number of benzene rings is 1. The molecule has 0 aromatic heterocycles. The van der Waals surface area contributed by atoms with E-state index in [1.165, 1.54) is 22.9 Å². The van der Waals surface area contributed by atoms with Crippen LogP contribution >= 0.6 is 24.0 Å². The average molecular weight is 237 g/mol. The predicted molar refractivity (Wildman–Crippen MR) is 68.4 cm³/mol. The van der Waals surface area contributed by atoms with E-state index in [1.807, 2.05) is 6.07 Å². The Kier molecular flexibility index (Phi) is 3.02. The van der Waals surface area contributed by atoms with Crippen molar-refractivity contribution in [3.8, 4) is 0 Å². The Bertz CT molecular complexity index is 408. The van der Waals surface area contributed by atoms with Crippen molar-refractivity contribution < 1.29 is 0 Å². The molecule has 1 atom stereocenters. The van der Waals surface area contributed by atoms with Gasteiger partial charge in [-0.05, 0) is 49.0 Å². The molecule has 1 N–H and O–H groups in total. The number of thiocarbonyl (C=S) groups is 1. The van der Waals surface area contributed by atoms with Crippen molar-refractivity contribution >= 4 is 34.0 Å². The van der Waals surface area contributed by atoms with Gasteiger partial charge in [0, 0.05) is 5.69 Å². The summed E-state index contributed by atoms with van der Waals surface area (Å²) in [7, 11) is 0. The van der Waals surface area contributed by atoms with Gasteiger partial charge in [-0.2, -0.15) is 0 Å². The molecule has 0 saturated heterocycles. The Morgan fingerprint density at radius 2 is 2.00 bits per heavy atom. The van der Waals surface area contributed by atoms with Crippen molar-refractivity contribution in [3.05, 3.63) is 29.3 Å². The number of rotatable bonds is 2. The monoisotopic (exact) mass is 237 g/mol. The first-order valence-corrected chi connectivity index (χ1v) is 5.90. The number of anilines is 1. The fraction of sp³-hybridized carbons (Fsp3) is 0.300. The quantitative estimate of drug-likeness (QED) is 0.800. The number of hydrogen-bond donors (Lipinski definition) is 1. The second-order valence-electron chi connectivity index (χ2n) is 3.36. The van der Waals surface area contributed by atoms with Gasteiger partial charge in [0.25, 0.3) is 0 Å². The first kappa shape index (κ1) is 10.6. The maximum absolute atomic E-state index is 4.94. The van der Waals surface area contributed by atoms with E-state index in [0.717, 1.165) is 5.69 Å². The Balaban J connectivity index is 2.18. The van der Waals surface area contributed by atoms with Crippen LogP contribution in [-0.2, 0) is 0 Å². The number of aryl methyl sites for hydroxylation is 2. The summed E-state index contributed by atoms with van der Waals surface area (Å²) in [5.41, 5.74) is 3.48. The van der Waals surface area contributed by atoms with E-state index in [1.54, 1.807) is 0 Å². The molecule has 3 nitrogen and oxygen atoms in total. The van der Waals surface area contributed by atoms with Crippen LogP contribution in [0, 0.1) is 13.8 Å². The lowest BCUT2D eigenvalue weighted by Gasteiger charge is -2.14. The van der Waals surface area contributed by atoms with E-state index in [2.05, 4.69) is 41.5 Å². The molecular weight excluding hydrogens is 226 g/mol. The maximum atomic E-state index is 4.94. The van der Waals surface area contributed by atoms with Gasteiger partial charge in [-0.3, -0.25) is 0 Å². The average Bonchev–Trinajstić information content (AvgIpc) is 2.58. The largest absolute Gasteiger partial charge is 0.353 e. The van der Waals surface area contributed by atoms with Crippen molar-refractivity contribution in [2.75, 3.05) is 5.32 Å². The van der Waals surface area contributed by atoms with Crippen molar-refractivity contribution in [1.82, 2.24) is 0 Å². The van der Waals surface area contributed by atoms with Crippen LogP contribution in [0.2, 0.25) is 0 Å². The second-order valence-corrected chi connectivity index (χ2v) is 5.08. The lowest BCUT2D eigenvalue weighted by Crippen LogP contribution is -2.12. The number of para-hydroxylation sites is 1. The van der Waals surface area contributed by atoms with Crippen LogP contribution < -0.4 is 5.32 Å². The molecule has 15 heavy (non-hydrogen) atoms. The minimum atomic E-state index is -0.0719. The number of azo groups is 1. The molecule has 0 radical (unpaired) electrons. The van der Waals surface area contributed by atoms with E-state index in [9.17, 15) is 0 Å². The number of hydrogen-bond acceptors (Lipinski definition) is 4. The van der Waals surface area contributed by atoms with Gasteiger partial charge in [0.15, 0.2) is 9.82 Å². The van der Waals surface area contributed by atoms with Gasteiger partial charge in [0.2, 0.25) is 0 Å². The molecule has 0 amide bonds. The van der Waals surface area contributed by atoms with Crippen molar-refractivity contribution in [2.45, 2.75) is 19.3 Å². The fourth-order valence-corrected chi connectivity index (χ4v) is 2.34. The van der Waals surface area contributed by atoms with E-state index in [0.29, 0.717) is 4.32 Å². The van der Waals surface area contributed by atoms with E-state index in [4.69, 9.17) is 12.2 Å². The molecule has 1 aromatic carbocycles. The molecular formula is C10H11N3S2.